The molecule has 2 rings (SSSR count). The van der Waals surface area contributed by atoms with Crippen LogP contribution in [0.25, 0.3) is 10.8 Å². The van der Waals surface area contributed by atoms with Crippen LogP contribution in [-0.2, 0) is 11.0 Å². The molecule has 2 nitrogen and oxygen atoms in total. The molecule has 0 saturated heterocycles. The topological polar surface area (TPSA) is 43.1 Å². The number of nitrogens with two attached hydrogens (primary N) is 1. The van der Waals surface area contributed by atoms with Gasteiger partial charge in [-0.05, 0) is 22.9 Å². The van der Waals surface area contributed by atoms with Gasteiger partial charge in [-0.15, -0.1) is 0 Å². The maximum atomic E-state index is 11.0. The second-order valence-corrected chi connectivity index (χ2v) is 3.87. The van der Waals surface area contributed by atoms with E-state index < -0.39 is 11.0 Å². The maximum Gasteiger partial charge on any atom is 0.122 e. The SMILES string of the molecule is CC.NS(=O)c1ccc2ccccc2c1. The number of hydrogen-bond donors (Lipinski definition) is 1. The standard InChI is InChI=1S/C10H9NOS.C2H6/c11-13(12)10-6-5-8-3-1-2-4-9(8)7-10;1-2/h1-7H,11H2;1-2H3. The molecule has 0 radical (unpaired) electrons. The van der Waals surface area contributed by atoms with Gasteiger partial charge in [0.25, 0.3) is 0 Å². The summed E-state index contributed by atoms with van der Waals surface area (Å²) in [6.07, 6.45) is 0. The Labute approximate surface area is 92.7 Å². The molecule has 15 heavy (non-hydrogen) atoms. The first-order chi connectivity index (χ1) is 7.27. The molecule has 2 aromatic rings. The van der Waals surface area contributed by atoms with E-state index in [0.717, 1.165) is 10.8 Å². The third-order valence-corrected chi connectivity index (χ3v) is 2.67. The van der Waals surface area contributed by atoms with Crippen molar-refractivity contribution in [3.8, 4) is 0 Å². The van der Waals surface area contributed by atoms with Gasteiger partial charge in [-0.3, -0.25) is 0 Å². The van der Waals surface area contributed by atoms with Crippen LogP contribution in [0.4, 0.5) is 0 Å². The lowest BCUT2D eigenvalue weighted by molar-refractivity contribution is 0.684. The van der Waals surface area contributed by atoms with E-state index in [0.29, 0.717) is 4.90 Å². The van der Waals surface area contributed by atoms with E-state index in [2.05, 4.69) is 0 Å². The van der Waals surface area contributed by atoms with Crippen LogP contribution in [0.15, 0.2) is 47.4 Å². The molecule has 80 valence electrons. The monoisotopic (exact) mass is 221 g/mol. The summed E-state index contributed by atoms with van der Waals surface area (Å²) in [6.45, 7) is 4.00. The van der Waals surface area contributed by atoms with E-state index in [4.69, 9.17) is 5.14 Å². The fourth-order valence-corrected chi connectivity index (χ4v) is 1.74. The number of rotatable bonds is 1. The van der Waals surface area contributed by atoms with Crippen LogP contribution in [0, 0.1) is 0 Å². The first-order valence-electron chi connectivity index (χ1n) is 4.92. The van der Waals surface area contributed by atoms with Gasteiger partial charge in [0.15, 0.2) is 0 Å². The summed E-state index contributed by atoms with van der Waals surface area (Å²) in [5.41, 5.74) is 0. The lowest BCUT2D eigenvalue weighted by Crippen LogP contribution is -2.01. The molecule has 0 saturated carbocycles. The van der Waals surface area contributed by atoms with Gasteiger partial charge in [-0.2, -0.15) is 0 Å². The lowest BCUT2D eigenvalue weighted by atomic mass is 10.1. The first kappa shape index (κ1) is 11.9. The summed E-state index contributed by atoms with van der Waals surface area (Å²) < 4.78 is 11.0. The first-order valence-corrected chi connectivity index (χ1v) is 6.13. The van der Waals surface area contributed by atoms with E-state index in [9.17, 15) is 4.21 Å². The molecule has 2 N–H and O–H groups in total. The van der Waals surface area contributed by atoms with Crippen molar-refractivity contribution in [2.45, 2.75) is 18.7 Å². The second-order valence-electron chi connectivity index (χ2n) is 2.81. The average molecular weight is 221 g/mol. The van der Waals surface area contributed by atoms with Gasteiger partial charge in [0.05, 0.1) is 4.90 Å². The van der Waals surface area contributed by atoms with Crippen LogP contribution < -0.4 is 5.14 Å². The zero-order chi connectivity index (χ0) is 11.3. The van der Waals surface area contributed by atoms with Gasteiger partial charge in [0.1, 0.15) is 11.0 Å². The molecule has 0 aliphatic carbocycles. The summed E-state index contributed by atoms with van der Waals surface area (Å²) in [4.78, 5) is 0.665. The van der Waals surface area contributed by atoms with E-state index in [1.807, 2.05) is 50.2 Å². The van der Waals surface area contributed by atoms with Crippen molar-refractivity contribution in [2.24, 2.45) is 5.14 Å². The summed E-state index contributed by atoms with van der Waals surface area (Å²) in [7, 11) is -1.38. The molecule has 3 heteroatoms. The van der Waals surface area contributed by atoms with Gasteiger partial charge >= 0.3 is 0 Å². The Morgan fingerprint density at radius 3 is 2.20 bits per heavy atom. The lowest BCUT2D eigenvalue weighted by Gasteiger charge is -1.99. The zero-order valence-electron chi connectivity index (χ0n) is 8.94. The van der Waals surface area contributed by atoms with Crippen molar-refractivity contribution in [2.75, 3.05) is 0 Å². The molecule has 1 unspecified atom stereocenters. The van der Waals surface area contributed by atoms with E-state index >= 15 is 0 Å². The predicted molar refractivity (Wildman–Crippen MR) is 65.9 cm³/mol. The average Bonchev–Trinajstić information content (AvgIpc) is 2.31. The predicted octanol–water partition coefficient (Wildman–Crippen LogP) is 2.85. The molecule has 0 aromatic heterocycles. The highest BCUT2D eigenvalue weighted by molar-refractivity contribution is 7.82. The minimum absolute atomic E-state index is 0.665. The Bertz CT molecular complexity index is 468. The molecular weight excluding hydrogens is 206 g/mol. The van der Waals surface area contributed by atoms with Crippen molar-refractivity contribution >= 4 is 21.8 Å². The number of hydrogen-bond acceptors (Lipinski definition) is 1. The van der Waals surface area contributed by atoms with Crippen LogP contribution in [0.5, 0.6) is 0 Å². The van der Waals surface area contributed by atoms with Crippen LogP contribution in [0.1, 0.15) is 13.8 Å². The largest absolute Gasteiger partial charge is 0.248 e. The molecule has 0 fully saturated rings. The van der Waals surface area contributed by atoms with Crippen LogP contribution in [-0.4, -0.2) is 4.21 Å². The molecule has 0 spiro atoms. The Hall–Kier alpha value is -1.19. The fraction of sp³-hybridized carbons (Fsp3) is 0.167. The smallest absolute Gasteiger partial charge is 0.122 e. The summed E-state index contributed by atoms with van der Waals surface area (Å²) in [5, 5.41) is 7.48. The highest BCUT2D eigenvalue weighted by Gasteiger charge is 1.98. The van der Waals surface area contributed by atoms with Crippen molar-refractivity contribution in [3.63, 3.8) is 0 Å². The van der Waals surface area contributed by atoms with Gasteiger partial charge in [0.2, 0.25) is 0 Å². The Kier molecular flexibility index (Phi) is 4.46. The third kappa shape index (κ3) is 2.88. The highest BCUT2D eigenvalue weighted by Crippen LogP contribution is 2.16. The van der Waals surface area contributed by atoms with Crippen LogP contribution in [0.2, 0.25) is 0 Å². The van der Waals surface area contributed by atoms with E-state index in [1.54, 1.807) is 6.07 Å². The Balaban J connectivity index is 0.000000531. The fourth-order valence-electron chi connectivity index (χ4n) is 1.29. The summed E-state index contributed by atoms with van der Waals surface area (Å²) >= 11 is 0. The Morgan fingerprint density at radius 1 is 1.00 bits per heavy atom. The number of fused-ring (bicyclic) bond motifs is 1. The van der Waals surface area contributed by atoms with Crippen molar-refractivity contribution in [1.82, 2.24) is 0 Å². The molecule has 0 heterocycles. The van der Waals surface area contributed by atoms with Gasteiger partial charge in [-0.1, -0.05) is 44.2 Å². The molecular formula is C12H15NOS. The quantitative estimate of drug-likeness (QED) is 0.790. The van der Waals surface area contributed by atoms with E-state index in [-0.39, 0.29) is 0 Å². The van der Waals surface area contributed by atoms with Crippen molar-refractivity contribution < 1.29 is 4.21 Å². The molecule has 0 bridgehead atoms. The number of benzene rings is 2. The maximum absolute atomic E-state index is 11.0. The third-order valence-electron chi connectivity index (χ3n) is 1.95. The zero-order valence-corrected chi connectivity index (χ0v) is 9.75. The van der Waals surface area contributed by atoms with Gasteiger partial charge in [0, 0.05) is 0 Å². The highest BCUT2D eigenvalue weighted by atomic mass is 32.2. The van der Waals surface area contributed by atoms with E-state index in [1.165, 1.54) is 0 Å². The normalized spacial score (nSPS) is 11.7. The Morgan fingerprint density at radius 2 is 1.60 bits per heavy atom. The van der Waals surface area contributed by atoms with Crippen molar-refractivity contribution in [3.05, 3.63) is 42.5 Å². The van der Waals surface area contributed by atoms with Gasteiger partial charge < -0.3 is 0 Å². The molecule has 1 atom stereocenters. The molecule has 2 aromatic carbocycles. The molecule has 0 amide bonds. The van der Waals surface area contributed by atoms with Crippen LogP contribution in [0.3, 0.4) is 0 Å². The van der Waals surface area contributed by atoms with Gasteiger partial charge in [-0.25, -0.2) is 9.35 Å². The molecule has 0 aliphatic rings. The van der Waals surface area contributed by atoms with Crippen molar-refractivity contribution in [1.29, 1.82) is 0 Å². The minimum Gasteiger partial charge on any atom is -0.248 e. The second kappa shape index (κ2) is 5.63. The summed E-state index contributed by atoms with van der Waals surface area (Å²) in [6, 6.07) is 13.5. The minimum atomic E-state index is -1.38. The summed E-state index contributed by atoms with van der Waals surface area (Å²) in [5.74, 6) is 0. The molecule has 0 aliphatic heterocycles. The van der Waals surface area contributed by atoms with Crippen LogP contribution >= 0.6 is 0 Å².